The van der Waals surface area contributed by atoms with E-state index in [1.54, 1.807) is 18.2 Å². The number of benzene rings is 2. The van der Waals surface area contributed by atoms with Gasteiger partial charge in [-0.05, 0) is 22.9 Å². The van der Waals surface area contributed by atoms with Crippen molar-refractivity contribution in [2.75, 3.05) is 6.54 Å². The molecule has 0 spiro atoms. The topological polar surface area (TPSA) is 80.5 Å². The molecule has 3 rings (SSSR count). The third-order valence-corrected chi connectivity index (χ3v) is 5.73. The van der Waals surface area contributed by atoms with Crippen LogP contribution in [0.5, 0.6) is 0 Å². The number of nitrogens with two attached hydrogens (primary N) is 1. The molecule has 0 aromatic heterocycles. The lowest BCUT2D eigenvalue weighted by Crippen LogP contribution is -2.43. The summed E-state index contributed by atoms with van der Waals surface area (Å²) in [5.41, 5.74) is 5.20. The molecule has 1 fully saturated rings. The largest absolute Gasteiger partial charge is 0.368 e. The lowest BCUT2D eigenvalue weighted by atomic mass is 10.1. The zero-order valence-electron chi connectivity index (χ0n) is 11.6. The quantitative estimate of drug-likeness (QED) is 0.928. The van der Waals surface area contributed by atoms with Gasteiger partial charge in [-0.15, -0.1) is 0 Å². The lowest BCUT2D eigenvalue weighted by molar-refractivity contribution is -0.121. The first-order valence-electron chi connectivity index (χ1n) is 6.83. The Morgan fingerprint density at radius 1 is 1.18 bits per heavy atom. The second-order valence-corrected chi connectivity index (χ2v) is 7.23. The highest BCUT2D eigenvalue weighted by molar-refractivity contribution is 7.89. The van der Waals surface area contributed by atoms with Gasteiger partial charge >= 0.3 is 0 Å². The summed E-state index contributed by atoms with van der Waals surface area (Å²) in [6, 6.07) is 10.9. The van der Waals surface area contributed by atoms with E-state index in [-0.39, 0.29) is 17.9 Å². The standard InChI is InChI=1S/C15H15FN2O3S/c16-12-8-14(15(17)19)18(9-12)22(20,21)13-6-5-10-3-1-2-4-11(10)7-13/h1-7,12,14H,8-9H2,(H2,17,19)/t12-,14+/m1/s1. The Labute approximate surface area is 127 Å². The van der Waals surface area contributed by atoms with Gasteiger partial charge in [-0.3, -0.25) is 4.79 Å². The van der Waals surface area contributed by atoms with Crippen molar-refractivity contribution in [3.05, 3.63) is 42.5 Å². The number of sulfonamides is 1. The molecule has 1 amide bonds. The van der Waals surface area contributed by atoms with Gasteiger partial charge in [-0.25, -0.2) is 12.8 Å². The maximum Gasteiger partial charge on any atom is 0.243 e. The minimum Gasteiger partial charge on any atom is -0.368 e. The Bertz CT molecular complexity index is 838. The van der Waals surface area contributed by atoms with Crippen LogP contribution in [-0.4, -0.2) is 37.4 Å². The van der Waals surface area contributed by atoms with Gasteiger partial charge in [-0.1, -0.05) is 30.3 Å². The van der Waals surface area contributed by atoms with Gasteiger partial charge in [0.15, 0.2) is 0 Å². The Kier molecular flexibility index (Phi) is 3.62. The van der Waals surface area contributed by atoms with Gasteiger partial charge in [0.25, 0.3) is 0 Å². The number of alkyl halides is 1. The van der Waals surface area contributed by atoms with Crippen LogP contribution < -0.4 is 5.73 Å². The highest BCUT2D eigenvalue weighted by Gasteiger charge is 2.43. The highest BCUT2D eigenvalue weighted by atomic mass is 32.2. The zero-order valence-corrected chi connectivity index (χ0v) is 12.5. The summed E-state index contributed by atoms with van der Waals surface area (Å²) in [5, 5.41) is 1.66. The fourth-order valence-electron chi connectivity index (χ4n) is 2.74. The first-order valence-corrected chi connectivity index (χ1v) is 8.27. The molecule has 0 aliphatic carbocycles. The van der Waals surface area contributed by atoms with Gasteiger partial charge < -0.3 is 5.73 Å². The Morgan fingerprint density at radius 2 is 1.86 bits per heavy atom. The second-order valence-electron chi connectivity index (χ2n) is 5.33. The summed E-state index contributed by atoms with van der Waals surface area (Å²) in [4.78, 5) is 11.4. The van der Waals surface area contributed by atoms with Crippen LogP contribution in [-0.2, 0) is 14.8 Å². The fraction of sp³-hybridized carbons (Fsp3) is 0.267. The van der Waals surface area contributed by atoms with E-state index in [1.807, 2.05) is 12.1 Å². The minimum absolute atomic E-state index is 0.0338. The van der Waals surface area contributed by atoms with E-state index in [2.05, 4.69) is 0 Å². The van der Waals surface area contributed by atoms with Gasteiger partial charge in [-0.2, -0.15) is 4.31 Å². The van der Waals surface area contributed by atoms with Crippen LogP contribution in [0.15, 0.2) is 47.4 Å². The summed E-state index contributed by atoms with van der Waals surface area (Å²) in [5.74, 6) is -0.829. The number of fused-ring (bicyclic) bond motifs is 1. The SMILES string of the molecule is NC(=O)[C@@H]1C[C@@H](F)CN1S(=O)(=O)c1ccc2ccccc2c1. The normalized spacial score (nSPS) is 23.0. The number of amides is 1. The summed E-state index contributed by atoms with van der Waals surface area (Å²) >= 11 is 0. The Hall–Kier alpha value is -1.99. The molecule has 1 aliphatic heterocycles. The van der Waals surface area contributed by atoms with E-state index in [4.69, 9.17) is 5.73 Å². The minimum atomic E-state index is -3.96. The van der Waals surface area contributed by atoms with Gasteiger partial charge in [0, 0.05) is 13.0 Å². The van der Waals surface area contributed by atoms with E-state index in [0.29, 0.717) is 0 Å². The average molecular weight is 322 g/mol. The molecule has 0 unspecified atom stereocenters. The van der Waals surface area contributed by atoms with Crippen LogP contribution >= 0.6 is 0 Å². The number of primary amides is 1. The molecule has 116 valence electrons. The molecule has 0 radical (unpaired) electrons. The average Bonchev–Trinajstić information content (AvgIpc) is 2.90. The maximum absolute atomic E-state index is 13.6. The van der Waals surface area contributed by atoms with Crippen LogP contribution in [0.2, 0.25) is 0 Å². The van der Waals surface area contributed by atoms with Crippen molar-refractivity contribution in [1.29, 1.82) is 0 Å². The second kappa shape index (κ2) is 5.33. The van der Waals surface area contributed by atoms with Crippen LogP contribution in [0.25, 0.3) is 10.8 Å². The van der Waals surface area contributed by atoms with Gasteiger partial charge in [0.1, 0.15) is 12.2 Å². The van der Waals surface area contributed by atoms with Crippen molar-refractivity contribution in [1.82, 2.24) is 4.31 Å². The first-order chi connectivity index (χ1) is 10.4. The Balaban J connectivity index is 2.05. The third-order valence-electron chi connectivity index (χ3n) is 3.86. The lowest BCUT2D eigenvalue weighted by Gasteiger charge is -2.21. The molecular formula is C15H15FN2O3S. The van der Waals surface area contributed by atoms with Crippen molar-refractivity contribution in [3.63, 3.8) is 0 Å². The number of carbonyl (C=O) groups excluding carboxylic acids is 1. The molecule has 1 heterocycles. The van der Waals surface area contributed by atoms with E-state index < -0.39 is 28.1 Å². The van der Waals surface area contributed by atoms with E-state index in [1.165, 1.54) is 12.1 Å². The molecule has 0 bridgehead atoms. The fourth-order valence-corrected chi connectivity index (χ4v) is 4.41. The van der Waals surface area contributed by atoms with E-state index in [0.717, 1.165) is 15.1 Å². The number of hydrogen-bond donors (Lipinski definition) is 1. The van der Waals surface area contributed by atoms with Gasteiger partial charge in [0.2, 0.25) is 15.9 Å². The molecule has 2 N–H and O–H groups in total. The predicted octanol–water partition coefficient (Wildman–Crippen LogP) is 1.43. The van der Waals surface area contributed by atoms with Crippen LogP contribution in [0.3, 0.4) is 0 Å². The van der Waals surface area contributed by atoms with Crippen molar-refractivity contribution in [2.24, 2.45) is 5.73 Å². The smallest absolute Gasteiger partial charge is 0.243 e. The molecule has 2 aromatic rings. The van der Waals surface area contributed by atoms with E-state index in [9.17, 15) is 17.6 Å². The molecule has 22 heavy (non-hydrogen) atoms. The summed E-state index contributed by atoms with van der Waals surface area (Å²) < 4.78 is 39.8. The maximum atomic E-state index is 13.6. The van der Waals surface area contributed by atoms with Crippen LogP contribution in [0, 0.1) is 0 Å². The van der Waals surface area contributed by atoms with Crippen molar-refractivity contribution >= 4 is 26.7 Å². The van der Waals surface area contributed by atoms with Crippen LogP contribution in [0.1, 0.15) is 6.42 Å². The highest BCUT2D eigenvalue weighted by Crippen LogP contribution is 2.29. The molecule has 5 nitrogen and oxygen atoms in total. The van der Waals surface area contributed by atoms with Crippen molar-refractivity contribution < 1.29 is 17.6 Å². The molecule has 2 aromatic carbocycles. The van der Waals surface area contributed by atoms with Crippen LogP contribution in [0.4, 0.5) is 4.39 Å². The molecule has 2 atom stereocenters. The molecular weight excluding hydrogens is 307 g/mol. The van der Waals surface area contributed by atoms with Crippen molar-refractivity contribution in [3.8, 4) is 0 Å². The molecule has 1 saturated heterocycles. The number of nitrogens with zero attached hydrogens (tertiary/aromatic N) is 1. The number of carbonyl (C=O) groups is 1. The number of rotatable bonds is 3. The third kappa shape index (κ3) is 2.46. The molecule has 0 saturated carbocycles. The zero-order chi connectivity index (χ0) is 15.9. The summed E-state index contributed by atoms with van der Waals surface area (Å²) in [6.07, 6.45) is -1.57. The summed E-state index contributed by atoms with van der Waals surface area (Å²) in [7, 11) is -3.96. The monoisotopic (exact) mass is 322 g/mol. The molecule has 7 heteroatoms. The first kappa shape index (κ1) is 14.9. The van der Waals surface area contributed by atoms with Crippen molar-refractivity contribution in [2.45, 2.75) is 23.5 Å². The number of hydrogen-bond acceptors (Lipinski definition) is 3. The summed E-state index contributed by atoms with van der Waals surface area (Å²) in [6.45, 7) is -0.344. The predicted molar refractivity (Wildman–Crippen MR) is 80.3 cm³/mol. The molecule has 1 aliphatic rings. The Morgan fingerprint density at radius 3 is 2.55 bits per heavy atom. The van der Waals surface area contributed by atoms with Gasteiger partial charge in [0.05, 0.1) is 4.90 Å². The van der Waals surface area contributed by atoms with E-state index >= 15 is 0 Å². The number of halogens is 1.